The highest BCUT2D eigenvalue weighted by atomic mass is 16.6. The molecule has 4 heteroatoms. The molecule has 2 N–H and O–H groups in total. The molecule has 0 aromatic rings. The van der Waals surface area contributed by atoms with E-state index >= 15 is 0 Å². The molecule has 0 aliphatic carbocycles. The lowest BCUT2D eigenvalue weighted by Gasteiger charge is -2.05. The van der Waals surface area contributed by atoms with Crippen molar-refractivity contribution in [2.75, 3.05) is 19.8 Å². The highest BCUT2D eigenvalue weighted by molar-refractivity contribution is 4.55. The van der Waals surface area contributed by atoms with Crippen LogP contribution in [0, 0.1) is 0 Å². The quantitative estimate of drug-likeness (QED) is 0.433. The van der Waals surface area contributed by atoms with Crippen molar-refractivity contribution >= 4 is 0 Å². The van der Waals surface area contributed by atoms with Gasteiger partial charge in [-0.25, -0.2) is 0 Å². The second kappa shape index (κ2) is 3.12. The summed E-state index contributed by atoms with van der Waals surface area (Å²) in [7, 11) is 0. The molecule has 1 aliphatic heterocycles. The monoisotopic (exact) mass is 134 g/mol. The van der Waals surface area contributed by atoms with Gasteiger partial charge in [0.05, 0.1) is 19.8 Å². The minimum absolute atomic E-state index is 0.150. The smallest absolute Gasteiger partial charge is 0.178 e. The first-order chi connectivity index (χ1) is 4.29. The van der Waals surface area contributed by atoms with Crippen LogP contribution in [-0.4, -0.2) is 42.4 Å². The van der Waals surface area contributed by atoms with Gasteiger partial charge >= 0.3 is 0 Å². The van der Waals surface area contributed by atoms with Crippen LogP contribution in [0.25, 0.3) is 0 Å². The molecule has 0 aromatic heterocycles. The summed E-state index contributed by atoms with van der Waals surface area (Å²) in [6.45, 7) is 0.551. The van der Waals surface area contributed by atoms with Crippen LogP contribution in [0.4, 0.5) is 0 Å². The van der Waals surface area contributed by atoms with Crippen molar-refractivity contribution in [3.05, 3.63) is 0 Å². The van der Waals surface area contributed by atoms with E-state index in [-0.39, 0.29) is 19.8 Å². The molecule has 2 unspecified atom stereocenters. The summed E-state index contributed by atoms with van der Waals surface area (Å²) >= 11 is 0. The maximum Gasteiger partial charge on any atom is 0.178 e. The van der Waals surface area contributed by atoms with Crippen LogP contribution in [0.15, 0.2) is 0 Å². The van der Waals surface area contributed by atoms with Gasteiger partial charge in [0.25, 0.3) is 0 Å². The number of aliphatic hydroxyl groups excluding tert-OH is 2. The van der Waals surface area contributed by atoms with Gasteiger partial charge in [0, 0.05) is 0 Å². The van der Waals surface area contributed by atoms with Gasteiger partial charge in [-0.15, -0.1) is 0 Å². The van der Waals surface area contributed by atoms with Gasteiger partial charge in [0.1, 0.15) is 6.10 Å². The first-order valence-corrected chi connectivity index (χ1v) is 2.84. The average molecular weight is 134 g/mol. The predicted octanol–water partition coefficient (Wildman–Crippen LogP) is -1.29. The van der Waals surface area contributed by atoms with Crippen molar-refractivity contribution in [1.82, 2.24) is 0 Å². The second-order valence-corrected chi connectivity index (χ2v) is 1.98. The normalized spacial score (nSPS) is 38.0. The molecule has 54 valence electrons. The molecule has 4 nitrogen and oxygen atoms in total. The number of aliphatic hydroxyl groups is 2. The Morgan fingerprint density at radius 1 is 1.11 bits per heavy atom. The van der Waals surface area contributed by atoms with E-state index in [9.17, 15) is 0 Å². The topological polar surface area (TPSA) is 58.9 Å². The van der Waals surface area contributed by atoms with Gasteiger partial charge in [-0.05, 0) is 0 Å². The zero-order valence-electron chi connectivity index (χ0n) is 4.99. The van der Waals surface area contributed by atoms with E-state index in [4.69, 9.17) is 19.7 Å². The summed E-state index contributed by atoms with van der Waals surface area (Å²) in [6, 6.07) is 0. The molecule has 1 aliphatic rings. The van der Waals surface area contributed by atoms with Crippen LogP contribution in [0.5, 0.6) is 0 Å². The average Bonchev–Trinajstić information content (AvgIpc) is 1.97. The fraction of sp³-hybridized carbons (Fsp3) is 1.00. The third-order valence-corrected chi connectivity index (χ3v) is 1.05. The van der Waals surface area contributed by atoms with Crippen LogP contribution in [0.2, 0.25) is 0 Å². The second-order valence-electron chi connectivity index (χ2n) is 1.98. The first kappa shape index (κ1) is 6.95. The molecular formula is C5H10O4. The molecule has 0 bridgehead atoms. The lowest BCUT2D eigenvalue weighted by Crippen LogP contribution is -2.19. The third kappa shape index (κ3) is 2.28. The van der Waals surface area contributed by atoms with Crippen LogP contribution in [-0.2, 0) is 9.47 Å². The molecule has 1 heterocycles. The van der Waals surface area contributed by atoms with Gasteiger partial charge in [-0.2, -0.15) is 0 Å². The Morgan fingerprint density at radius 2 is 1.89 bits per heavy atom. The Bertz CT molecular complexity index is 75.0. The van der Waals surface area contributed by atoms with Crippen molar-refractivity contribution in [3.8, 4) is 0 Å². The zero-order chi connectivity index (χ0) is 6.69. The van der Waals surface area contributed by atoms with Crippen molar-refractivity contribution in [2.45, 2.75) is 12.4 Å². The number of hydrogen-bond acceptors (Lipinski definition) is 4. The van der Waals surface area contributed by atoms with Crippen LogP contribution in [0.1, 0.15) is 0 Å². The SMILES string of the molecule is OC1COCC(O)OC1. The molecule has 1 fully saturated rings. The fourth-order valence-corrected chi connectivity index (χ4v) is 0.623. The molecule has 1 rings (SSSR count). The van der Waals surface area contributed by atoms with E-state index in [1.54, 1.807) is 0 Å². The minimum Gasteiger partial charge on any atom is -0.388 e. The lowest BCUT2D eigenvalue weighted by atomic mass is 10.4. The molecular weight excluding hydrogens is 124 g/mol. The van der Waals surface area contributed by atoms with Crippen LogP contribution in [0.3, 0.4) is 0 Å². The molecule has 2 atom stereocenters. The van der Waals surface area contributed by atoms with Gasteiger partial charge in [0.2, 0.25) is 0 Å². The summed E-state index contributed by atoms with van der Waals surface area (Å²) in [5.41, 5.74) is 0. The van der Waals surface area contributed by atoms with Crippen molar-refractivity contribution < 1.29 is 19.7 Å². The van der Waals surface area contributed by atoms with Gasteiger partial charge in [-0.1, -0.05) is 0 Å². The Kier molecular flexibility index (Phi) is 2.41. The molecule has 9 heavy (non-hydrogen) atoms. The van der Waals surface area contributed by atoms with Gasteiger partial charge < -0.3 is 19.7 Å². The van der Waals surface area contributed by atoms with Gasteiger partial charge in [-0.3, -0.25) is 0 Å². The van der Waals surface area contributed by atoms with E-state index in [1.165, 1.54) is 0 Å². The largest absolute Gasteiger partial charge is 0.388 e. The summed E-state index contributed by atoms with van der Waals surface area (Å²) in [5.74, 6) is 0. The minimum atomic E-state index is -0.873. The summed E-state index contributed by atoms with van der Waals surface area (Å²) in [5, 5.41) is 17.6. The Hall–Kier alpha value is -0.160. The van der Waals surface area contributed by atoms with Gasteiger partial charge in [0.15, 0.2) is 6.29 Å². The van der Waals surface area contributed by atoms with E-state index in [1.807, 2.05) is 0 Å². The molecule has 0 saturated carbocycles. The summed E-state index contributed by atoms with van der Waals surface area (Å²) in [4.78, 5) is 0. The highest BCUT2D eigenvalue weighted by Gasteiger charge is 2.14. The van der Waals surface area contributed by atoms with Crippen molar-refractivity contribution in [2.24, 2.45) is 0 Å². The van der Waals surface area contributed by atoms with Crippen LogP contribution < -0.4 is 0 Å². The lowest BCUT2D eigenvalue weighted by molar-refractivity contribution is -0.119. The fourth-order valence-electron chi connectivity index (χ4n) is 0.623. The number of rotatable bonds is 0. The maximum atomic E-state index is 8.85. The van der Waals surface area contributed by atoms with E-state index in [0.717, 1.165) is 0 Å². The molecule has 0 radical (unpaired) electrons. The zero-order valence-corrected chi connectivity index (χ0v) is 4.99. The third-order valence-electron chi connectivity index (χ3n) is 1.05. The number of ether oxygens (including phenoxy) is 2. The molecule has 0 aromatic carbocycles. The number of hydrogen-bond donors (Lipinski definition) is 2. The molecule has 1 saturated heterocycles. The molecule has 0 spiro atoms. The van der Waals surface area contributed by atoms with E-state index in [2.05, 4.69) is 0 Å². The van der Waals surface area contributed by atoms with E-state index < -0.39 is 12.4 Å². The Morgan fingerprint density at radius 3 is 2.67 bits per heavy atom. The Labute approximate surface area is 53.0 Å². The highest BCUT2D eigenvalue weighted by Crippen LogP contribution is 1.98. The van der Waals surface area contributed by atoms with E-state index in [0.29, 0.717) is 0 Å². The maximum absolute atomic E-state index is 8.85. The first-order valence-electron chi connectivity index (χ1n) is 2.84. The summed E-state index contributed by atoms with van der Waals surface area (Å²) in [6.07, 6.45) is -1.47. The van der Waals surface area contributed by atoms with Crippen LogP contribution >= 0.6 is 0 Å². The standard InChI is InChI=1S/C5H10O4/c6-4-1-8-3-5(7)9-2-4/h4-7H,1-3H2. The van der Waals surface area contributed by atoms with Crippen molar-refractivity contribution in [1.29, 1.82) is 0 Å². The van der Waals surface area contributed by atoms with Crippen molar-refractivity contribution in [3.63, 3.8) is 0 Å². The summed E-state index contributed by atoms with van der Waals surface area (Å²) < 4.78 is 9.49. The predicted molar refractivity (Wildman–Crippen MR) is 28.8 cm³/mol. The molecule has 0 amide bonds. The Balaban J connectivity index is 2.25.